The van der Waals surface area contributed by atoms with Gasteiger partial charge in [0.2, 0.25) is 10.0 Å². The molecule has 2 N–H and O–H groups in total. The molecule has 7 nitrogen and oxygen atoms in total. The lowest BCUT2D eigenvalue weighted by Gasteiger charge is -2.26. The van der Waals surface area contributed by atoms with Crippen molar-refractivity contribution in [2.75, 3.05) is 39.4 Å². The normalized spacial score (nSPS) is 16.4. The predicted octanol–water partition coefficient (Wildman–Crippen LogP) is 0.694. The van der Waals surface area contributed by atoms with E-state index in [1.807, 2.05) is 0 Å². The number of benzene rings is 1. The van der Waals surface area contributed by atoms with E-state index < -0.39 is 16.0 Å². The maximum Gasteiger partial charge on any atom is 0.335 e. The Kier molecular flexibility index (Phi) is 6.11. The molecule has 8 heteroatoms. The third-order valence-corrected chi connectivity index (χ3v) is 5.37. The van der Waals surface area contributed by atoms with Gasteiger partial charge in [0.25, 0.3) is 0 Å². The minimum Gasteiger partial charge on any atom is -0.478 e. The molecular weight excluding hydrogens is 320 g/mol. The van der Waals surface area contributed by atoms with Crippen molar-refractivity contribution in [1.29, 1.82) is 0 Å². The zero-order valence-electron chi connectivity index (χ0n) is 13.1. The summed E-state index contributed by atoms with van der Waals surface area (Å²) < 4.78 is 32.5. The fourth-order valence-corrected chi connectivity index (χ4v) is 3.78. The summed E-state index contributed by atoms with van der Waals surface area (Å²) in [7, 11) is -3.71. The molecule has 1 heterocycles. The molecule has 23 heavy (non-hydrogen) atoms. The first kappa shape index (κ1) is 17.9. The Morgan fingerprint density at radius 3 is 2.70 bits per heavy atom. The van der Waals surface area contributed by atoms with Crippen LogP contribution < -0.4 is 4.72 Å². The Balaban J connectivity index is 1.93. The average Bonchev–Trinajstić information content (AvgIpc) is 2.52. The highest BCUT2D eigenvalue weighted by Crippen LogP contribution is 2.17. The molecule has 1 saturated heterocycles. The SMILES string of the molecule is Cc1ccc(C(=O)O)cc1S(=O)(=O)NCCCN1CCOCC1. The molecule has 0 spiro atoms. The summed E-state index contributed by atoms with van der Waals surface area (Å²) in [5, 5.41) is 8.99. The van der Waals surface area contributed by atoms with E-state index in [9.17, 15) is 13.2 Å². The van der Waals surface area contributed by atoms with Gasteiger partial charge < -0.3 is 9.84 Å². The summed E-state index contributed by atoms with van der Waals surface area (Å²) in [6.07, 6.45) is 0.691. The van der Waals surface area contributed by atoms with Gasteiger partial charge in [-0.05, 0) is 37.6 Å². The van der Waals surface area contributed by atoms with Crippen LogP contribution in [0, 0.1) is 6.92 Å². The monoisotopic (exact) mass is 342 g/mol. The van der Waals surface area contributed by atoms with Crippen molar-refractivity contribution in [2.45, 2.75) is 18.2 Å². The lowest BCUT2D eigenvalue weighted by atomic mass is 10.1. The van der Waals surface area contributed by atoms with E-state index in [1.165, 1.54) is 18.2 Å². The average molecular weight is 342 g/mol. The molecule has 1 aromatic carbocycles. The summed E-state index contributed by atoms with van der Waals surface area (Å²) in [6, 6.07) is 4.10. The molecular formula is C15H22N2O5S. The molecule has 0 radical (unpaired) electrons. The van der Waals surface area contributed by atoms with Crippen molar-refractivity contribution in [3.8, 4) is 0 Å². The molecule has 1 aliphatic heterocycles. The van der Waals surface area contributed by atoms with Crippen LogP contribution in [0.5, 0.6) is 0 Å². The van der Waals surface area contributed by atoms with Crippen molar-refractivity contribution in [3.05, 3.63) is 29.3 Å². The van der Waals surface area contributed by atoms with Crippen molar-refractivity contribution in [1.82, 2.24) is 9.62 Å². The van der Waals surface area contributed by atoms with E-state index in [-0.39, 0.29) is 10.5 Å². The first-order chi connectivity index (χ1) is 10.9. The number of carbonyl (C=O) groups is 1. The zero-order chi connectivity index (χ0) is 16.9. The van der Waals surface area contributed by atoms with E-state index in [0.29, 0.717) is 31.7 Å². The van der Waals surface area contributed by atoms with Crippen LogP contribution in [0.2, 0.25) is 0 Å². The second kappa shape index (κ2) is 7.87. The van der Waals surface area contributed by atoms with Crippen LogP contribution in [0.4, 0.5) is 0 Å². The molecule has 1 fully saturated rings. The Hall–Kier alpha value is -1.48. The van der Waals surface area contributed by atoms with Crippen LogP contribution in [-0.2, 0) is 14.8 Å². The molecule has 0 bridgehead atoms. The van der Waals surface area contributed by atoms with Gasteiger partial charge >= 0.3 is 5.97 Å². The Morgan fingerprint density at radius 2 is 2.04 bits per heavy atom. The highest BCUT2D eigenvalue weighted by Gasteiger charge is 2.19. The lowest BCUT2D eigenvalue weighted by Crippen LogP contribution is -2.38. The second-order valence-corrected chi connectivity index (χ2v) is 7.23. The molecule has 0 saturated carbocycles. The topological polar surface area (TPSA) is 95.9 Å². The summed E-state index contributed by atoms with van der Waals surface area (Å²) in [6.45, 7) is 5.93. The lowest BCUT2D eigenvalue weighted by molar-refractivity contribution is 0.0376. The number of carboxylic acids is 1. The first-order valence-electron chi connectivity index (χ1n) is 7.54. The van der Waals surface area contributed by atoms with Crippen molar-refractivity contribution in [3.63, 3.8) is 0 Å². The zero-order valence-corrected chi connectivity index (χ0v) is 13.9. The minimum atomic E-state index is -3.71. The number of hydrogen-bond donors (Lipinski definition) is 2. The van der Waals surface area contributed by atoms with Gasteiger partial charge in [-0.2, -0.15) is 0 Å². The van der Waals surface area contributed by atoms with Gasteiger partial charge in [-0.25, -0.2) is 17.9 Å². The standard InChI is InChI=1S/C15H22N2O5S/c1-12-3-4-13(15(18)19)11-14(12)23(20,21)16-5-2-6-17-7-9-22-10-8-17/h3-4,11,16H,2,5-10H2,1H3,(H,18,19). The fourth-order valence-electron chi connectivity index (χ4n) is 2.43. The number of aryl methyl sites for hydroxylation is 1. The fraction of sp³-hybridized carbons (Fsp3) is 0.533. The summed E-state index contributed by atoms with van der Waals surface area (Å²) in [5.74, 6) is -1.14. The molecule has 128 valence electrons. The molecule has 0 amide bonds. The third-order valence-electron chi connectivity index (χ3n) is 3.77. The van der Waals surface area contributed by atoms with Gasteiger partial charge in [0.1, 0.15) is 0 Å². The van der Waals surface area contributed by atoms with Gasteiger partial charge in [-0.3, -0.25) is 4.90 Å². The molecule has 0 aromatic heterocycles. The van der Waals surface area contributed by atoms with Crippen molar-refractivity contribution < 1.29 is 23.1 Å². The number of rotatable bonds is 7. The van der Waals surface area contributed by atoms with Crippen molar-refractivity contribution in [2.24, 2.45) is 0 Å². The van der Waals surface area contributed by atoms with Crippen LogP contribution >= 0.6 is 0 Å². The molecule has 2 rings (SSSR count). The first-order valence-corrected chi connectivity index (χ1v) is 9.02. The highest BCUT2D eigenvalue weighted by molar-refractivity contribution is 7.89. The number of nitrogens with zero attached hydrogens (tertiary/aromatic N) is 1. The van der Waals surface area contributed by atoms with E-state index >= 15 is 0 Å². The van der Waals surface area contributed by atoms with Crippen LogP contribution in [-0.4, -0.2) is 63.8 Å². The Bertz CT molecular complexity index is 654. The number of carboxylic acid groups (broad SMARTS) is 1. The van der Waals surface area contributed by atoms with Crippen LogP contribution in [0.1, 0.15) is 22.3 Å². The van der Waals surface area contributed by atoms with E-state index in [0.717, 1.165) is 19.6 Å². The molecule has 0 aliphatic carbocycles. The molecule has 0 unspecified atom stereocenters. The van der Waals surface area contributed by atoms with E-state index in [2.05, 4.69) is 9.62 Å². The number of ether oxygens (including phenoxy) is 1. The number of hydrogen-bond acceptors (Lipinski definition) is 5. The number of morpholine rings is 1. The van der Waals surface area contributed by atoms with E-state index in [1.54, 1.807) is 6.92 Å². The quantitative estimate of drug-likeness (QED) is 0.708. The van der Waals surface area contributed by atoms with Gasteiger partial charge in [-0.15, -0.1) is 0 Å². The maximum atomic E-state index is 12.3. The van der Waals surface area contributed by atoms with Gasteiger partial charge in [-0.1, -0.05) is 6.07 Å². The number of aromatic carboxylic acids is 1. The smallest absolute Gasteiger partial charge is 0.335 e. The summed E-state index contributed by atoms with van der Waals surface area (Å²) >= 11 is 0. The maximum absolute atomic E-state index is 12.3. The van der Waals surface area contributed by atoms with Crippen LogP contribution in [0.15, 0.2) is 23.1 Å². The van der Waals surface area contributed by atoms with Crippen LogP contribution in [0.3, 0.4) is 0 Å². The summed E-state index contributed by atoms with van der Waals surface area (Å²) in [5.41, 5.74) is 0.486. The molecule has 0 atom stereocenters. The van der Waals surface area contributed by atoms with Crippen molar-refractivity contribution >= 4 is 16.0 Å². The van der Waals surface area contributed by atoms with Gasteiger partial charge in [0, 0.05) is 19.6 Å². The third kappa shape index (κ3) is 5.00. The largest absolute Gasteiger partial charge is 0.478 e. The molecule has 1 aliphatic rings. The predicted molar refractivity (Wildman–Crippen MR) is 85.2 cm³/mol. The number of nitrogens with one attached hydrogen (secondary N) is 1. The van der Waals surface area contributed by atoms with Gasteiger partial charge in [0.05, 0.1) is 23.7 Å². The van der Waals surface area contributed by atoms with E-state index in [4.69, 9.17) is 9.84 Å². The number of sulfonamides is 1. The second-order valence-electron chi connectivity index (χ2n) is 5.49. The highest BCUT2D eigenvalue weighted by atomic mass is 32.2. The summed E-state index contributed by atoms with van der Waals surface area (Å²) in [4.78, 5) is 13.2. The minimum absolute atomic E-state index is 0.0174. The molecule has 1 aromatic rings. The van der Waals surface area contributed by atoms with Crippen LogP contribution in [0.25, 0.3) is 0 Å². The van der Waals surface area contributed by atoms with Gasteiger partial charge in [0.15, 0.2) is 0 Å². The Morgan fingerprint density at radius 1 is 1.35 bits per heavy atom. The Labute approximate surface area is 136 Å².